The maximum atomic E-state index is 11.3. The molecule has 1 heterocycles. The summed E-state index contributed by atoms with van der Waals surface area (Å²) in [7, 11) is 0. The summed E-state index contributed by atoms with van der Waals surface area (Å²) in [6.45, 7) is 1.24. The monoisotopic (exact) mass is 303 g/mol. The summed E-state index contributed by atoms with van der Waals surface area (Å²) in [5.41, 5.74) is 0.511. The molecule has 0 radical (unpaired) electrons. The summed E-state index contributed by atoms with van der Waals surface area (Å²) in [6.07, 6.45) is 2.05. The molecule has 2 unspecified atom stereocenters. The number of rotatable bonds is 5. The van der Waals surface area contributed by atoms with Crippen molar-refractivity contribution in [1.29, 1.82) is 0 Å². The fourth-order valence-electron chi connectivity index (χ4n) is 2.12. The minimum atomic E-state index is -0.970. The zero-order valence-corrected chi connectivity index (χ0v) is 11.7. The molecule has 0 saturated carbocycles. The van der Waals surface area contributed by atoms with Gasteiger partial charge in [-0.05, 0) is 30.5 Å². The zero-order valence-electron chi connectivity index (χ0n) is 10.2. The average molecular weight is 304 g/mol. The number of hydrogen-bond donors (Lipinski definition) is 2. The third-order valence-electron chi connectivity index (χ3n) is 3.09. The molecule has 6 heteroatoms. The third-order valence-corrected chi connectivity index (χ3v) is 3.66. The van der Waals surface area contributed by atoms with Crippen LogP contribution >= 0.6 is 23.2 Å². The first-order valence-electron chi connectivity index (χ1n) is 6.10. The number of benzene rings is 1. The van der Waals surface area contributed by atoms with Crippen LogP contribution in [0.4, 0.5) is 0 Å². The van der Waals surface area contributed by atoms with E-state index in [1.54, 1.807) is 18.2 Å². The second-order valence-corrected chi connectivity index (χ2v) is 5.32. The van der Waals surface area contributed by atoms with Crippen molar-refractivity contribution in [3.05, 3.63) is 33.8 Å². The van der Waals surface area contributed by atoms with E-state index in [0.29, 0.717) is 22.2 Å². The quantitative estimate of drug-likeness (QED) is 0.878. The van der Waals surface area contributed by atoms with Crippen molar-refractivity contribution in [1.82, 2.24) is 5.32 Å². The van der Waals surface area contributed by atoms with Crippen LogP contribution in [0, 0.1) is 0 Å². The molecule has 1 aromatic rings. The molecule has 2 atom stereocenters. The highest BCUT2D eigenvalue weighted by atomic mass is 35.5. The Bertz CT molecular complexity index is 461. The number of carboxylic acid groups (broad SMARTS) is 1. The van der Waals surface area contributed by atoms with E-state index in [9.17, 15) is 9.90 Å². The van der Waals surface area contributed by atoms with Crippen LogP contribution in [0.5, 0.6) is 0 Å². The molecule has 1 aliphatic heterocycles. The fourth-order valence-corrected chi connectivity index (χ4v) is 2.64. The SMILES string of the molecule is O=C(O)C(NCC1CCCO1)c1ccc(Cl)cc1Cl. The lowest BCUT2D eigenvalue weighted by Gasteiger charge is -2.18. The summed E-state index contributed by atoms with van der Waals surface area (Å²) in [5, 5.41) is 13.1. The van der Waals surface area contributed by atoms with Crippen LogP contribution in [-0.4, -0.2) is 30.3 Å². The van der Waals surface area contributed by atoms with Crippen molar-refractivity contribution in [2.24, 2.45) is 0 Å². The molecule has 0 amide bonds. The van der Waals surface area contributed by atoms with E-state index in [0.717, 1.165) is 19.4 Å². The first-order valence-corrected chi connectivity index (χ1v) is 6.86. The molecule has 2 N–H and O–H groups in total. The Kier molecular flexibility index (Phi) is 5.05. The highest BCUT2D eigenvalue weighted by molar-refractivity contribution is 6.35. The van der Waals surface area contributed by atoms with E-state index in [4.69, 9.17) is 27.9 Å². The molecular weight excluding hydrogens is 289 g/mol. The van der Waals surface area contributed by atoms with Gasteiger partial charge < -0.3 is 9.84 Å². The van der Waals surface area contributed by atoms with Gasteiger partial charge in [-0.15, -0.1) is 0 Å². The van der Waals surface area contributed by atoms with Crippen LogP contribution in [0.1, 0.15) is 24.4 Å². The van der Waals surface area contributed by atoms with E-state index in [2.05, 4.69) is 5.32 Å². The van der Waals surface area contributed by atoms with Gasteiger partial charge in [0.15, 0.2) is 0 Å². The fraction of sp³-hybridized carbons (Fsp3) is 0.462. The number of nitrogens with one attached hydrogen (secondary N) is 1. The molecule has 1 aromatic carbocycles. The van der Waals surface area contributed by atoms with Crippen molar-refractivity contribution in [3.8, 4) is 0 Å². The summed E-state index contributed by atoms with van der Waals surface area (Å²) in [4.78, 5) is 11.3. The largest absolute Gasteiger partial charge is 0.480 e. The first kappa shape index (κ1) is 14.6. The topological polar surface area (TPSA) is 58.6 Å². The maximum absolute atomic E-state index is 11.3. The Morgan fingerprint density at radius 2 is 2.32 bits per heavy atom. The second kappa shape index (κ2) is 6.57. The first-order chi connectivity index (χ1) is 9.08. The van der Waals surface area contributed by atoms with Crippen LogP contribution in [0.2, 0.25) is 10.0 Å². The molecular formula is C13H15Cl2NO3. The number of carbonyl (C=O) groups is 1. The van der Waals surface area contributed by atoms with E-state index in [1.165, 1.54) is 0 Å². The highest BCUT2D eigenvalue weighted by Crippen LogP contribution is 2.27. The summed E-state index contributed by atoms with van der Waals surface area (Å²) < 4.78 is 5.46. The molecule has 1 fully saturated rings. The van der Waals surface area contributed by atoms with Crippen molar-refractivity contribution in [2.75, 3.05) is 13.2 Å². The molecule has 0 aliphatic carbocycles. The molecule has 4 nitrogen and oxygen atoms in total. The van der Waals surface area contributed by atoms with Crippen LogP contribution < -0.4 is 5.32 Å². The third kappa shape index (κ3) is 3.83. The van der Waals surface area contributed by atoms with Crippen molar-refractivity contribution in [2.45, 2.75) is 25.0 Å². The van der Waals surface area contributed by atoms with E-state index >= 15 is 0 Å². The molecule has 1 saturated heterocycles. The number of halogens is 2. The second-order valence-electron chi connectivity index (χ2n) is 4.48. The van der Waals surface area contributed by atoms with Crippen LogP contribution in [-0.2, 0) is 9.53 Å². The normalized spacial score (nSPS) is 20.4. The van der Waals surface area contributed by atoms with E-state index < -0.39 is 12.0 Å². The Balaban J connectivity index is 2.08. The van der Waals surface area contributed by atoms with Gasteiger partial charge in [-0.1, -0.05) is 29.3 Å². The highest BCUT2D eigenvalue weighted by Gasteiger charge is 2.24. The van der Waals surface area contributed by atoms with Gasteiger partial charge in [-0.2, -0.15) is 0 Å². The number of aliphatic carboxylic acids is 1. The number of ether oxygens (including phenoxy) is 1. The van der Waals surface area contributed by atoms with Crippen LogP contribution in [0.15, 0.2) is 18.2 Å². The predicted octanol–water partition coefficient (Wildman–Crippen LogP) is 2.89. The van der Waals surface area contributed by atoms with E-state index in [1.807, 2.05) is 0 Å². The average Bonchev–Trinajstić information content (AvgIpc) is 2.84. The van der Waals surface area contributed by atoms with Gasteiger partial charge >= 0.3 is 5.97 Å². The zero-order chi connectivity index (χ0) is 13.8. The van der Waals surface area contributed by atoms with Crippen molar-refractivity contribution >= 4 is 29.2 Å². The van der Waals surface area contributed by atoms with Gasteiger partial charge in [0.1, 0.15) is 6.04 Å². The van der Waals surface area contributed by atoms with Gasteiger partial charge in [0.05, 0.1) is 6.10 Å². The predicted molar refractivity (Wildman–Crippen MR) is 73.8 cm³/mol. The Morgan fingerprint density at radius 1 is 1.53 bits per heavy atom. The van der Waals surface area contributed by atoms with Gasteiger partial charge in [0.2, 0.25) is 0 Å². The number of hydrogen-bond acceptors (Lipinski definition) is 3. The molecule has 2 rings (SSSR count). The summed E-state index contributed by atoms with van der Waals surface area (Å²) in [6, 6.07) is 3.95. The molecule has 1 aliphatic rings. The lowest BCUT2D eigenvalue weighted by atomic mass is 10.1. The van der Waals surface area contributed by atoms with E-state index in [-0.39, 0.29) is 6.10 Å². The van der Waals surface area contributed by atoms with Crippen LogP contribution in [0.25, 0.3) is 0 Å². The van der Waals surface area contributed by atoms with Gasteiger partial charge in [-0.3, -0.25) is 10.1 Å². The lowest BCUT2D eigenvalue weighted by molar-refractivity contribution is -0.139. The van der Waals surface area contributed by atoms with Gasteiger partial charge in [-0.25, -0.2) is 0 Å². The Morgan fingerprint density at radius 3 is 2.89 bits per heavy atom. The molecule has 0 aromatic heterocycles. The van der Waals surface area contributed by atoms with Crippen LogP contribution in [0.3, 0.4) is 0 Å². The van der Waals surface area contributed by atoms with Gasteiger partial charge in [0, 0.05) is 23.2 Å². The summed E-state index contributed by atoms with van der Waals surface area (Å²) in [5.74, 6) is -0.970. The minimum Gasteiger partial charge on any atom is -0.480 e. The van der Waals surface area contributed by atoms with Crippen molar-refractivity contribution < 1.29 is 14.6 Å². The molecule has 0 spiro atoms. The molecule has 19 heavy (non-hydrogen) atoms. The molecule has 104 valence electrons. The minimum absolute atomic E-state index is 0.0768. The smallest absolute Gasteiger partial charge is 0.325 e. The Labute approximate surface area is 121 Å². The standard InChI is InChI=1S/C13H15Cl2NO3/c14-8-3-4-10(11(15)6-8)12(13(17)18)16-7-9-2-1-5-19-9/h3-4,6,9,12,16H,1-2,5,7H2,(H,17,18). The van der Waals surface area contributed by atoms with Crippen molar-refractivity contribution in [3.63, 3.8) is 0 Å². The molecule has 0 bridgehead atoms. The Hall–Kier alpha value is -0.810. The number of carboxylic acids is 1. The maximum Gasteiger partial charge on any atom is 0.325 e. The van der Waals surface area contributed by atoms with Gasteiger partial charge in [0.25, 0.3) is 0 Å². The summed E-state index contributed by atoms with van der Waals surface area (Å²) >= 11 is 11.9. The lowest BCUT2D eigenvalue weighted by Crippen LogP contribution is -2.34.